The van der Waals surface area contributed by atoms with Crippen LogP contribution in [0.25, 0.3) is 0 Å². The molecule has 0 atom stereocenters. The van der Waals surface area contributed by atoms with Crippen molar-refractivity contribution in [2.45, 2.75) is 6.54 Å². The molecule has 4 nitrogen and oxygen atoms in total. The number of hydrogen-bond acceptors (Lipinski definition) is 4. The van der Waals surface area contributed by atoms with Gasteiger partial charge in [-0.25, -0.2) is 4.79 Å². The van der Waals surface area contributed by atoms with Crippen LogP contribution in [-0.4, -0.2) is 43.2 Å². The van der Waals surface area contributed by atoms with E-state index < -0.39 is 5.97 Å². The minimum Gasteiger partial charge on any atom is -0.477 e. The summed E-state index contributed by atoms with van der Waals surface area (Å²) in [7, 11) is 3.89. The van der Waals surface area contributed by atoms with E-state index >= 15 is 0 Å². The second kappa shape index (κ2) is 5.85. The number of carboxylic acids is 1. The molecule has 0 unspecified atom stereocenters. The van der Waals surface area contributed by atoms with Crippen molar-refractivity contribution in [1.82, 2.24) is 10.2 Å². The smallest absolute Gasteiger partial charge is 0.346 e. The van der Waals surface area contributed by atoms with Gasteiger partial charge >= 0.3 is 5.97 Å². The molecule has 1 aromatic rings. The number of likely N-dealkylation sites (N-methyl/N-ethyl adjacent to an activating group) is 2. The van der Waals surface area contributed by atoms with Gasteiger partial charge in [-0.1, -0.05) is 0 Å². The monoisotopic (exact) mass is 228 g/mol. The third-order valence-electron chi connectivity index (χ3n) is 2.12. The van der Waals surface area contributed by atoms with E-state index in [1.165, 1.54) is 11.3 Å². The summed E-state index contributed by atoms with van der Waals surface area (Å²) in [5.41, 5.74) is 0.895. The average Bonchev–Trinajstić information content (AvgIpc) is 2.62. The Kier molecular flexibility index (Phi) is 4.74. The largest absolute Gasteiger partial charge is 0.477 e. The van der Waals surface area contributed by atoms with E-state index in [2.05, 4.69) is 10.2 Å². The predicted octanol–water partition coefficient (Wildman–Crippen LogP) is 1.10. The maximum Gasteiger partial charge on any atom is 0.346 e. The summed E-state index contributed by atoms with van der Waals surface area (Å²) < 4.78 is 0. The lowest BCUT2D eigenvalue weighted by Crippen LogP contribution is -2.27. The van der Waals surface area contributed by atoms with Gasteiger partial charge in [0.15, 0.2) is 0 Å². The summed E-state index contributed by atoms with van der Waals surface area (Å²) in [5.74, 6) is -0.831. The standard InChI is InChI=1S/C10H16N2O2S/c1-11-4-5-12(2)7-8-3-6-15-9(8)10(13)14/h3,6,11H,4-5,7H2,1-2H3,(H,13,14). The van der Waals surface area contributed by atoms with E-state index in [9.17, 15) is 4.79 Å². The Bertz CT molecular complexity index is 325. The fourth-order valence-electron chi connectivity index (χ4n) is 1.32. The lowest BCUT2D eigenvalue weighted by Gasteiger charge is -2.15. The number of aromatic carboxylic acids is 1. The first-order valence-corrected chi connectivity index (χ1v) is 5.66. The van der Waals surface area contributed by atoms with Crippen LogP contribution >= 0.6 is 11.3 Å². The van der Waals surface area contributed by atoms with Crippen LogP contribution in [0.4, 0.5) is 0 Å². The van der Waals surface area contributed by atoms with Gasteiger partial charge in [0, 0.05) is 19.6 Å². The zero-order valence-corrected chi connectivity index (χ0v) is 9.80. The molecule has 0 aliphatic heterocycles. The highest BCUT2D eigenvalue weighted by Gasteiger charge is 2.12. The summed E-state index contributed by atoms with van der Waals surface area (Å²) in [6.07, 6.45) is 0. The Morgan fingerprint density at radius 3 is 3.00 bits per heavy atom. The quantitative estimate of drug-likeness (QED) is 0.765. The van der Waals surface area contributed by atoms with Crippen LogP contribution < -0.4 is 5.32 Å². The van der Waals surface area contributed by atoms with Gasteiger partial charge in [-0.05, 0) is 31.1 Å². The number of carbonyl (C=O) groups is 1. The molecule has 0 fully saturated rings. The lowest BCUT2D eigenvalue weighted by atomic mass is 10.2. The van der Waals surface area contributed by atoms with Crippen LogP contribution in [0.3, 0.4) is 0 Å². The van der Waals surface area contributed by atoms with Crippen LogP contribution in [0, 0.1) is 0 Å². The van der Waals surface area contributed by atoms with Gasteiger partial charge in [0.1, 0.15) is 4.88 Å². The molecule has 15 heavy (non-hydrogen) atoms. The second-order valence-corrected chi connectivity index (χ2v) is 4.34. The summed E-state index contributed by atoms with van der Waals surface area (Å²) in [5, 5.41) is 13.8. The molecular formula is C10H16N2O2S. The van der Waals surface area contributed by atoms with Crippen molar-refractivity contribution < 1.29 is 9.90 Å². The van der Waals surface area contributed by atoms with Crippen LogP contribution in [-0.2, 0) is 6.54 Å². The molecule has 1 aromatic heterocycles. The molecule has 1 rings (SSSR count). The van der Waals surface area contributed by atoms with Gasteiger partial charge in [0.2, 0.25) is 0 Å². The first-order chi connectivity index (χ1) is 7.15. The van der Waals surface area contributed by atoms with E-state index in [0.717, 1.165) is 18.7 Å². The first kappa shape index (κ1) is 12.2. The molecule has 0 aliphatic rings. The van der Waals surface area contributed by atoms with Crippen molar-refractivity contribution in [1.29, 1.82) is 0 Å². The van der Waals surface area contributed by atoms with Crippen LogP contribution in [0.2, 0.25) is 0 Å². The number of nitrogens with zero attached hydrogens (tertiary/aromatic N) is 1. The molecule has 0 amide bonds. The minimum absolute atomic E-state index is 0.450. The third-order valence-corrected chi connectivity index (χ3v) is 3.07. The molecule has 2 N–H and O–H groups in total. The fourth-order valence-corrected chi connectivity index (χ4v) is 2.07. The minimum atomic E-state index is -0.831. The van der Waals surface area contributed by atoms with E-state index in [1.54, 1.807) is 0 Å². The van der Waals surface area contributed by atoms with Crippen molar-refractivity contribution >= 4 is 17.3 Å². The van der Waals surface area contributed by atoms with E-state index in [-0.39, 0.29) is 0 Å². The summed E-state index contributed by atoms with van der Waals surface area (Å²) in [6.45, 7) is 2.50. The van der Waals surface area contributed by atoms with Gasteiger partial charge in [0.05, 0.1) is 0 Å². The number of carboxylic acid groups (broad SMARTS) is 1. The van der Waals surface area contributed by atoms with Crippen molar-refractivity contribution in [3.8, 4) is 0 Å². The molecular weight excluding hydrogens is 212 g/mol. The molecule has 0 aromatic carbocycles. The average molecular weight is 228 g/mol. The molecule has 84 valence electrons. The van der Waals surface area contributed by atoms with E-state index in [4.69, 9.17) is 5.11 Å². The Morgan fingerprint density at radius 2 is 2.40 bits per heavy atom. The highest BCUT2D eigenvalue weighted by atomic mass is 32.1. The molecule has 0 aliphatic carbocycles. The lowest BCUT2D eigenvalue weighted by molar-refractivity contribution is 0.0700. The van der Waals surface area contributed by atoms with Crippen molar-refractivity contribution in [3.63, 3.8) is 0 Å². The number of thiophene rings is 1. The highest BCUT2D eigenvalue weighted by molar-refractivity contribution is 7.12. The molecule has 0 saturated heterocycles. The molecule has 0 saturated carbocycles. The molecule has 5 heteroatoms. The van der Waals surface area contributed by atoms with E-state index in [1.807, 2.05) is 25.5 Å². The summed E-state index contributed by atoms with van der Waals surface area (Å²) >= 11 is 1.28. The van der Waals surface area contributed by atoms with Gasteiger partial charge < -0.3 is 15.3 Å². The Morgan fingerprint density at radius 1 is 1.67 bits per heavy atom. The summed E-state index contributed by atoms with van der Waals surface area (Å²) in [4.78, 5) is 13.4. The Balaban J connectivity index is 2.56. The van der Waals surface area contributed by atoms with Crippen molar-refractivity contribution in [2.75, 3.05) is 27.2 Å². The molecule has 0 bridgehead atoms. The fraction of sp³-hybridized carbons (Fsp3) is 0.500. The predicted molar refractivity (Wildman–Crippen MR) is 61.5 cm³/mol. The topological polar surface area (TPSA) is 52.6 Å². The van der Waals surface area contributed by atoms with Gasteiger partial charge in [0.25, 0.3) is 0 Å². The third kappa shape index (κ3) is 3.62. The Hall–Kier alpha value is -0.910. The zero-order chi connectivity index (χ0) is 11.3. The second-order valence-electron chi connectivity index (χ2n) is 3.42. The maximum absolute atomic E-state index is 10.9. The van der Waals surface area contributed by atoms with Crippen LogP contribution in [0.5, 0.6) is 0 Å². The van der Waals surface area contributed by atoms with Crippen molar-refractivity contribution in [2.24, 2.45) is 0 Å². The van der Waals surface area contributed by atoms with Gasteiger partial charge in [-0.15, -0.1) is 11.3 Å². The van der Waals surface area contributed by atoms with Crippen molar-refractivity contribution in [3.05, 3.63) is 21.9 Å². The SMILES string of the molecule is CNCCN(C)Cc1ccsc1C(=O)O. The first-order valence-electron chi connectivity index (χ1n) is 4.78. The maximum atomic E-state index is 10.9. The summed E-state index contributed by atoms with van der Waals surface area (Å²) in [6, 6.07) is 1.88. The van der Waals surface area contributed by atoms with Gasteiger partial charge in [-0.3, -0.25) is 0 Å². The number of rotatable bonds is 6. The normalized spacial score (nSPS) is 10.9. The van der Waals surface area contributed by atoms with Crippen LogP contribution in [0.1, 0.15) is 15.2 Å². The van der Waals surface area contributed by atoms with Gasteiger partial charge in [-0.2, -0.15) is 0 Å². The van der Waals surface area contributed by atoms with E-state index in [0.29, 0.717) is 11.4 Å². The molecule has 1 heterocycles. The molecule has 0 spiro atoms. The Labute approximate surface area is 93.5 Å². The molecule has 0 radical (unpaired) electrons. The van der Waals surface area contributed by atoms with Crippen LogP contribution in [0.15, 0.2) is 11.4 Å². The number of hydrogen-bond donors (Lipinski definition) is 2. The zero-order valence-electron chi connectivity index (χ0n) is 8.99. The highest BCUT2D eigenvalue weighted by Crippen LogP contribution is 2.17. The number of nitrogens with one attached hydrogen (secondary N) is 1.